The maximum atomic E-state index is 5.06. The SMILES string of the molecule is CC(Cl)(Cl)Cl.Cl.Cl.Cl.[AlH3].[Cl][GeH2][Cl]. The molecule has 10 heteroatoms. The van der Waals surface area contributed by atoms with E-state index in [9.17, 15) is 0 Å². The molecule has 0 aromatic heterocycles. The summed E-state index contributed by atoms with van der Waals surface area (Å²) in [7, 11) is 9.90. The Hall–Kier alpha value is 3.40. The molecule has 0 atom stereocenters. The normalized spacial score (nSPS) is 6.50. The number of rotatable bonds is 0. The molecule has 0 aliphatic carbocycles. The first-order valence-corrected chi connectivity index (χ1v) is 10.5. The molecule has 0 unspecified atom stereocenters. The van der Waals surface area contributed by atoms with Crippen molar-refractivity contribution >= 4 is 123 Å². The summed E-state index contributed by atoms with van der Waals surface area (Å²) in [6, 6.07) is 0. The molecule has 12 heavy (non-hydrogen) atoms. The zero-order valence-corrected chi connectivity index (χ0v) is 14.5. The Labute approximate surface area is 132 Å². The molecule has 0 saturated heterocycles. The number of hydrogen-bond donors (Lipinski definition) is 0. The third-order valence-electron chi connectivity index (χ3n) is 0. The van der Waals surface area contributed by atoms with Crippen LogP contribution in [0, 0.1) is 0 Å². The van der Waals surface area contributed by atoms with E-state index in [-0.39, 0.29) is 54.6 Å². The molecular formula is C2H11AlCl8Ge. The van der Waals surface area contributed by atoms with Crippen molar-refractivity contribution < 1.29 is 0 Å². The molecule has 0 saturated carbocycles. The van der Waals surface area contributed by atoms with Crippen LogP contribution in [-0.4, -0.2) is 34.7 Å². The van der Waals surface area contributed by atoms with Crippen molar-refractivity contribution in [2.24, 2.45) is 0 Å². The van der Waals surface area contributed by atoms with Crippen LogP contribution < -0.4 is 0 Å². The van der Waals surface area contributed by atoms with Crippen LogP contribution in [0.25, 0.3) is 0 Å². The fourth-order valence-corrected chi connectivity index (χ4v) is 0. The first kappa shape index (κ1) is 36.1. The van der Waals surface area contributed by atoms with E-state index < -0.39 is 17.4 Å². The summed E-state index contributed by atoms with van der Waals surface area (Å²) in [6.07, 6.45) is 0. The zero-order chi connectivity index (χ0) is 7.21. The van der Waals surface area contributed by atoms with E-state index in [1.807, 2.05) is 0 Å². The molecule has 0 radical (unpaired) electrons. The second-order valence-corrected chi connectivity index (χ2v) is 8.35. The van der Waals surface area contributed by atoms with Crippen LogP contribution in [0.3, 0.4) is 0 Å². The molecule has 0 N–H and O–H groups in total. The molecule has 0 fully saturated rings. The average Bonchev–Trinajstić information content (AvgIpc) is 1.27. The van der Waals surface area contributed by atoms with Crippen molar-refractivity contribution in [1.29, 1.82) is 0 Å². The summed E-state index contributed by atoms with van der Waals surface area (Å²) in [6.45, 7) is 1.48. The van der Waals surface area contributed by atoms with Crippen LogP contribution in [-0.2, 0) is 0 Å². The van der Waals surface area contributed by atoms with Crippen molar-refractivity contribution in [2.75, 3.05) is 0 Å². The van der Waals surface area contributed by atoms with Gasteiger partial charge < -0.3 is 0 Å². The van der Waals surface area contributed by atoms with Crippen LogP contribution >= 0.6 is 92.0 Å². The summed E-state index contributed by atoms with van der Waals surface area (Å²) in [5, 5.41) is 0. The van der Waals surface area contributed by atoms with Crippen LogP contribution in [0.15, 0.2) is 0 Å². The Bertz CT molecular complexity index is 40.8. The monoisotopic (exact) mass is 416 g/mol. The van der Waals surface area contributed by atoms with E-state index >= 15 is 0 Å². The van der Waals surface area contributed by atoms with Crippen LogP contribution in [0.4, 0.5) is 0 Å². The molecule has 0 heterocycles. The van der Waals surface area contributed by atoms with Gasteiger partial charge in [0.15, 0.2) is 21.2 Å². The fourth-order valence-electron chi connectivity index (χ4n) is 0. The van der Waals surface area contributed by atoms with Crippen molar-refractivity contribution in [3.05, 3.63) is 0 Å². The van der Waals surface area contributed by atoms with Gasteiger partial charge in [0.25, 0.3) is 0 Å². The Kier molecular flexibility index (Phi) is 72.0. The first-order chi connectivity index (χ1) is 3.41. The molecule has 0 spiro atoms. The first-order valence-electron chi connectivity index (χ1n) is 1.60. The van der Waals surface area contributed by atoms with E-state index in [1.165, 1.54) is 6.92 Å². The van der Waals surface area contributed by atoms with Gasteiger partial charge >= 0.3 is 33.6 Å². The summed E-state index contributed by atoms with van der Waals surface area (Å²) >= 11 is 14.3. The zero-order valence-electron chi connectivity index (χ0n) is 5.32. The van der Waals surface area contributed by atoms with Gasteiger partial charge in [0.05, 0.1) is 0 Å². The van der Waals surface area contributed by atoms with Crippen molar-refractivity contribution in [3.63, 3.8) is 0 Å². The van der Waals surface area contributed by atoms with E-state index in [0.29, 0.717) is 0 Å². The Morgan fingerprint density at radius 2 is 0.917 bits per heavy atom. The fraction of sp³-hybridized carbons (Fsp3) is 1.00. The van der Waals surface area contributed by atoms with Gasteiger partial charge in [0.2, 0.25) is 0 Å². The molecule has 0 bridgehead atoms. The third kappa shape index (κ3) is 179. The van der Waals surface area contributed by atoms with Gasteiger partial charge in [-0.2, -0.15) is 0 Å². The van der Waals surface area contributed by atoms with Gasteiger partial charge in [-0.25, -0.2) is 0 Å². The van der Waals surface area contributed by atoms with E-state index in [2.05, 4.69) is 0 Å². The molecule has 0 aromatic carbocycles. The Morgan fingerprint density at radius 3 is 0.917 bits per heavy atom. The summed E-state index contributed by atoms with van der Waals surface area (Å²) in [4.78, 5) is 0. The molecule has 0 amide bonds. The van der Waals surface area contributed by atoms with E-state index in [0.717, 1.165) is 0 Å². The van der Waals surface area contributed by atoms with Gasteiger partial charge in [-0.15, -0.1) is 37.2 Å². The molecule has 0 aliphatic heterocycles. The summed E-state index contributed by atoms with van der Waals surface area (Å²) in [5.74, 6) is 0. The van der Waals surface area contributed by atoms with Gasteiger partial charge in [0.1, 0.15) is 0 Å². The van der Waals surface area contributed by atoms with Crippen molar-refractivity contribution in [3.8, 4) is 0 Å². The number of alkyl halides is 3. The van der Waals surface area contributed by atoms with Crippen LogP contribution in [0.1, 0.15) is 6.92 Å². The quantitative estimate of drug-likeness (QED) is 0.419. The third-order valence-corrected chi connectivity index (χ3v) is 0. The van der Waals surface area contributed by atoms with Gasteiger partial charge in [-0.3, -0.25) is 0 Å². The van der Waals surface area contributed by atoms with Gasteiger partial charge in [-0.05, 0) is 6.92 Å². The molecule has 0 rings (SSSR count). The number of hydrogen-bond acceptors (Lipinski definition) is 0. The standard InChI is InChI=1S/C2H3Cl3.Al.Cl2GeH2.3ClH.3H/c1-2(3,4)5;;1-3-2;;;;;;/h1H3;;3H2;3*1H;;;. The topological polar surface area (TPSA) is 0 Å². The second-order valence-electron chi connectivity index (χ2n) is 0.882. The molecule has 0 aromatic rings. The molecule has 0 aliphatic rings. The average molecular weight is 418 g/mol. The number of halogens is 8. The summed E-state index contributed by atoms with van der Waals surface area (Å²) < 4.78 is -1.08. The minimum atomic E-state index is -1.08. The van der Waals surface area contributed by atoms with Gasteiger partial charge in [0, 0.05) is 0 Å². The molecule has 82 valence electrons. The Morgan fingerprint density at radius 1 is 0.917 bits per heavy atom. The minimum absolute atomic E-state index is 0. The van der Waals surface area contributed by atoms with Crippen molar-refractivity contribution in [1.82, 2.24) is 0 Å². The Balaban J connectivity index is -0.0000000119. The maximum absolute atomic E-state index is 5.06. The van der Waals surface area contributed by atoms with Crippen LogP contribution in [0.5, 0.6) is 0 Å². The predicted octanol–water partition coefficient (Wildman–Crippen LogP) is 2.92. The van der Waals surface area contributed by atoms with Gasteiger partial charge in [-0.1, -0.05) is 34.8 Å². The second kappa shape index (κ2) is 23.9. The molecule has 0 nitrogen and oxygen atoms in total. The molecular weight excluding hydrogens is 407 g/mol. The van der Waals surface area contributed by atoms with Crippen molar-refractivity contribution in [2.45, 2.75) is 10.7 Å². The summed E-state index contributed by atoms with van der Waals surface area (Å²) in [5.41, 5.74) is 0. The van der Waals surface area contributed by atoms with E-state index in [1.54, 1.807) is 0 Å². The predicted molar refractivity (Wildman–Crippen MR) is 77.9 cm³/mol. The van der Waals surface area contributed by atoms with Crippen LogP contribution in [0.2, 0.25) is 0 Å². The van der Waals surface area contributed by atoms with E-state index in [4.69, 9.17) is 54.8 Å².